The molecule has 1 rings (SSSR count). The molecule has 0 spiro atoms. The van der Waals surface area contributed by atoms with Crippen LogP contribution in [-0.4, -0.2) is 11.2 Å². The standard InChI is InChI=1S/C6H12.C2H4O3/c1-2-4-6-5-3-1;1-2(3)5-4/h1-6H2;4H,1H3. The minimum absolute atomic E-state index is 0.690. The topological polar surface area (TPSA) is 46.5 Å². The summed E-state index contributed by atoms with van der Waals surface area (Å²) in [6.45, 7) is 1.11. The molecule has 0 unspecified atom stereocenters. The van der Waals surface area contributed by atoms with Crippen molar-refractivity contribution in [1.82, 2.24) is 0 Å². The molecule has 0 heterocycles. The average Bonchev–Trinajstić information content (AvgIpc) is 2.09. The van der Waals surface area contributed by atoms with Crippen molar-refractivity contribution in [2.75, 3.05) is 0 Å². The Balaban J connectivity index is 0.000000187. The molecule has 11 heavy (non-hydrogen) atoms. The number of hydrogen-bond acceptors (Lipinski definition) is 3. The number of hydrogen-bond donors (Lipinski definition) is 1. The van der Waals surface area contributed by atoms with Crippen LogP contribution < -0.4 is 0 Å². The van der Waals surface area contributed by atoms with Crippen molar-refractivity contribution in [2.45, 2.75) is 45.4 Å². The zero-order chi connectivity index (χ0) is 8.53. The Hall–Kier alpha value is -0.570. The maximum absolute atomic E-state index is 9.34. The summed E-state index contributed by atoms with van der Waals surface area (Å²) in [6, 6.07) is 0. The molecule has 0 saturated heterocycles. The lowest BCUT2D eigenvalue weighted by Gasteiger charge is -2.05. The molecule has 1 N–H and O–H groups in total. The largest absolute Gasteiger partial charge is 0.339 e. The van der Waals surface area contributed by atoms with E-state index in [1.807, 2.05) is 0 Å². The van der Waals surface area contributed by atoms with Crippen LogP contribution >= 0.6 is 0 Å². The van der Waals surface area contributed by atoms with Gasteiger partial charge in [0.05, 0.1) is 0 Å². The first kappa shape index (κ1) is 10.4. The van der Waals surface area contributed by atoms with Gasteiger partial charge in [-0.05, 0) is 0 Å². The van der Waals surface area contributed by atoms with Crippen LogP contribution in [-0.2, 0) is 9.68 Å². The van der Waals surface area contributed by atoms with Gasteiger partial charge in [0.15, 0.2) is 0 Å². The molecule has 0 aliphatic heterocycles. The zero-order valence-corrected chi connectivity index (χ0v) is 7.01. The third kappa shape index (κ3) is 9.43. The monoisotopic (exact) mass is 160 g/mol. The molecule has 3 heteroatoms. The highest BCUT2D eigenvalue weighted by Crippen LogP contribution is 2.15. The quantitative estimate of drug-likeness (QED) is 0.437. The summed E-state index contributed by atoms with van der Waals surface area (Å²) in [5.74, 6) is -0.690. The Labute approximate surface area is 67.3 Å². The van der Waals surface area contributed by atoms with Crippen LogP contribution in [0.5, 0.6) is 0 Å². The number of carbonyl (C=O) groups is 1. The number of rotatable bonds is 0. The summed E-state index contributed by atoms with van der Waals surface area (Å²) in [4.78, 5) is 12.5. The van der Waals surface area contributed by atoms with Crippen LogP contribution in [0, 0.1) is 0 Å². The Morgan fingerprint density at radius 1 is 1.09 bits per heavy atom. The van der Waals surface area contributed by atoms with Crippen molar-refractivity contribution >= 4 is 5.97 Å². The second-order valence-electron chi connectivity index (χ2n) is 2.70. The lowest BCUT2D eigenvalue weighted by molar-refractivity contribution is -0.231. The van der Waals surface area contributed by atoms with Gasteiger partial charge in [-0.15, -0.1) is 0 Å². The van der Waals surface area contributed by atoms with Gasteiger partial charge in [0, 0.05) is 6.92 Å². The predicted octanol–water partition coefficient (Wildman–Crippen LogP) is 2.36. The molecule has 1 aliphatic carbocycles. The SMILES string of the molecule is C1CCCCC1.CC(=O)OO. The van der Waals surface area contributed by atoms with Crippen molar-refractivity contribution < 1.29 is 14.9 Å². The lowest BCUT2D eigenvalue weighted by atomic mass is 10.0. The highest BCUT2D eigenvalue weighted by atomic mass is 17.1. The van der Waals surface area contributed by atoms with Gasteiger partial charge in [0.25, 0.3) is 0 Å². The van der Waals surface area contributed by atoms with Crippen LogP contribution in [0.2, 0.25) is 0 Å². The van der Waals surface area contributed by atoms with E-state index < -0.39 is 5.97 Å². The van der Waals surface area contributed by atoms with E-state index in [2.05, 4.69) is 4.89 Å². The fourth-order valence-electron chi connectivity index (χ4n) is 1.06. The average molecular weight is 160 g/mol. The molecule has 3 nitrogen and oxygen atoms in total. The van der Waals surface area contributed by atoms with Gasteiger partial charge >= 0.3 is 5.97 Å². The zero-order valence-electron chi connectivity index (χ0n) is 7.01. The summed E-state index contributed by atoms with van der Waals surface area (Å²) in [5, 5.41) is 7.29. The third-order valence-corrected chi connectivity index (χ3v) is 1.63. The highest BCUT2D eigenvalue weighted by Gasteiger charge is 1.95. The molecule has 1 fully saturated rings. The van der Waals surface area contributed by atoms with Gasteiger partial charge in [0.1, 0.15) is 0 Å². The summed E-state index contributed by atoms with van der Waals surface area (Å²) in [7, 11) is 0. The molecule has 1 aliphatic rings. The first-order valence-electron chi connectivity index (χ1n) is 4.09. The first-order chi connectivity index (χ1) is 5.27. The molecular weight excluding hydrogens is 144 g/mol. The van der Waals surface area contributed by atoms with E-state index >= 15 is 0 Å². The smallest absolute Gasteiger partial charge is 0.301 e. The second-order valence-corrected chi connectivity index (χ2v) is 2.70. The summed E-state index contributed by atoms with van der Waals surface area (Å²) in [5.41, 5.74) is 0. The van der Waals surface area contributed by atoms with Gasteiger partial charge in [-0.2, -0.15) is 5.26 Å². The minimum atomic E-state index is -0.690. The summed E-state index contributed by atoms with van der Waals surface area (Å²) < 4.78 is 0. The van der Waals surface area contributed by atoms with Crippen LogP contribution in [0.4, 0.5) is 0 Å². The van der Waals surface area contributed by atoms with Crippen molar-refractivity contribution in [3.63, 3.8) is 0 Å². The molecule has 0 aromatic heterocycles. The summed E-state index contributed by atoms with van der Waals surface area (Å²) in [6.07, 6.45) is 9.00. The van der Waals surface area contributed by atoms with E-state index in [0.29, 0.717) is 0 Å². The van der Waals surface area contributed by atoms with Crippen LogP contribution in [0.15, 0.2) is 0 Å². The van der Waals surface area contributed by atoms with Gasteiger partial charge in [0.2, 0.25) is 0 Å². The Morgan fingerprint density at radius 3 is 1.36 bits per heavy atom. The van der Waals surface area contributed by atoms with Gasteiger partial charge in [-0.3, -0.25) is 0 Å². The van der Waals surface area contributed by atoms with Crippen molar-refractivity contribution in [3.05, 3.63) is 0 Å². The molecule has 0 aromatic carbocycles. The maximum atomic E-state index is 9.34. The molecule has 0 aromatic rings. The molecule has 0 atom stereocenters. The van der Waals surface area contributed by atoms with E-state index in [0.717, 1.165) is 6.92 Å². The Bertz CT molecular complexity index is 86.0. The normalized spacial score (nSPS) is 16.2. The lowest BCUT2D eigenvalue weighted by Crippen LogP contribution is -1.89. The van der Waals surface area contributed by atoms with Crippen molar-refractivity contribution in [2.24, 2.45) is 0 Å². The molecule has 0 bridgehead atoms. The van der Waals surface area contributed by atoms with E-state index in [1.165, 1.54) is 38.5 Å². The second kappa shape index (κ2) is 7.54. The van der Waals surface area contributed by atoms with E-state index in [4.69, 9.17) is 5.26 Å². The number of carbonyl (C=O) groups excluding carboxylic acids is 1. The van der Waals surface area contributed by atoms with Crippen molar-refractivity contribution in [3.8, 4) is 0 Å². The van der Waals surface area contributed by atoms with Gasteiger partial charge in [-0.1, -0.05) is 38.5 Å². The molecule has 0 amide bonds. The molecule has 0 radical (unpaired) electrons. The Kier molecular flexibility index (Phi) is 7.15. The van der Waals surface area contributed by atoms with Crippen molar-refractivity contribution in [1.29, 1.82) is 0 Å². The van der Waals surface area contributed by atoms with E-state index in [9.17, 15) is 4.79 Å². The molecular formula is C8H16O3. The van der Waals surface area contributed by atoms with Crippen LogP contribution in [0.25, 0.3) is 0 Å². The van der Waals surface area contributed by atoms with E-state index in [-0.39, 0.29) is 0 Å². The highest BCUT2D eigenvalue weighted by molar-refractivity contribution is 5.64. The Morgan fingerprint density at radius 2 is 1.27 bits per heavy atom. The minimum Gasteiger partial charge on any atom is -0.301 e. The third-order valence-electron chi connectivity index (χ3n) is 1.63. The van der Waals surface area contributed by atoms with Crippen LogP contribution in [0.3, 0.4) is 0 Å². The first-order valence-corrected chi connectivity index (χ1v) is 4.09. The fourth-order valence-corrected chi connectivity index (χ4v) is 1.06. The van der Waals surface area contributed by atoms with Crippen LogP contribution in [0.1, 0.15) is 45.4 Å². The predicted molar refractivity (Wildman–Crippen MR) is 42.1 cm³/mol. The van der Waals surface area contributed by atoms with Gasteiger partial charge < -0.3 is 4.89 Å². The maximum Gasteiger partial charge on any atom is 0.339 e. The fraction of sp³-hybridized carbons (Fsp3) is 0.875. The molecule has 1 saturated carbocycles. The molecule has 66 valence electrons. The summed E-state index contributed by atoms with van der Waals surface area (Å²) >= 11 is 0. The van der Waals surface area contributed by atoms with E-state index in [1.54, 1.807) is 0 Å². The van der Waals surface area contributed by atoms with Gasteiger partial charge in [-0.25, -0.2) is 4.79 Å².